The van der Waals surface area contributed by atoms with Crippen LogP contribution in [0.15, 0.2) is 59.5 Å². The standard InChI is InChI=1S/C38H47ClN8O4/c1-43-24-29(21-30(25-43)41-32-22-40-44(2)36(50)34(32)39)27-5-7-28(8-6-27)35(49)46-19-14-38(15-20-46)12-17-45(18-13-38)31-9-3-26(4-10-31)23-47-16-11-33(48)42-37(47)51/h3-10,22,29-30,41H,11-21,23-25H2,1-2H3,(H,42,48,51)/t29-,30+/m0/s1. The molecule has 0 saturated carbocycles. The number of imide groups is 1. The molecule has 2 N–H and O–H groups in total. The minimum Gasteiger partial charge on any atom is -0.378 e. The van der Waals surface area contributed by atoms with E-state index in [0.717, 1.165) is 82.5 Å². The topological polar surface area (TPSA) is 123 Å². The van der Waals surface area contributed by atoms with Gasteiger partial charge in [0.05, 0.1) is 11.9 Å². The summed E-state index contributed by atoms with van der Waals surface area (Å²) in [5.74, 6) is 0.170. The maximum atomic E-state index is 13.6. The van der Waals surface area contributed by atoms with E-state index in [1.165, 1.54) is 15.9 Å². The van der Waals surface area contributed by atoms with Gasteiger partial charge in [0.15, 0.2) is 0 Å². The van der Waals surface area contributed by atoms with Gasteiger partial charge in [-0.2, -0.15) is 5.10 Å². The molecule has 3 aromatic rings. The van der Waals surface area contributed by atoms with Crippen LogP contribution in [0.3, 0.4) is 0 Å². The number of rotatable bonds is 7. The molecule has 0 unspecified atom stereocenters. The zero-order valence-corrected chi connectivity index (χ0v) is 30.2. The first kappa shape index (κ1) is 35.0. The fourth-order valence-corrected chi connectivity index (χ4v) is 8.51. The Hall–Kier alpha value is -4.42. The predicted octanol–water partition coefficient (Wildman–Crippen LogP) is 4.30. The number of urea groups is 1. The number of benzene rings is 2. The van der Waals surface area contributed by atoms with Gasteiger partial charge in [-0.05, 0) is 85.9 Å². The Morgan fingerprint density at radius 2 is 1.61 bits per heavy atom. The summed E-state index contributed by atoms with van der Waals surface area (Å²) < 4.78 is 1.23. The van der Waals surface area contributed by atoms with E-state index in [0.29, 0.717) is 25.2 Å². The molecular weight excluding hydrogens is 668 g/mol. The normalized spacial score (nSPS) is 22.6. The summed E-state index contributed by atoms with van der Waals surface area (Å²) in [6.07, 6.45) is 7.11. The zero-order chi connectivity index (χ0) is 35.7. The van der Waals surface area contributed by atoms with Crippen molar-refractivity contribution in [3.8, 4) is 0 Å². The number of likely N-dealkylation sites (tertiary alicyclic amines) is 2. The molecule has 0 bridgehead atoms. The van der Waals surface area contributed by atoms with Crippen LogP contribution < -0.4 is 21.1 Å². The van der Waals surface area contributed by atoms with Gasteiger partial charge in [-0.1, -0.05) is 35.9 Å². The van der Waals surface area contributed by atoms with Gasteiger partial charge in [0.1, 0.15) is 5.02 Å². The number of aromatic nitrogens is 2. The maximum Gasteiger partial charge on any atom is 0.324 e. The van der Waals surface area contributed by atoms with Crippen molar-refractivity contribution < 1.29 is 14.4 Å². The SMILES string of the molecule is CN1C[C@H](Nc2cnn(C)c(=O)c2Cl)C[C@H](c2ccc(C(=O)N3CCC4(CC3)CCN(c3ccc(CN5CCC(=O)NC5=O)cc3)CC4)cc2)C1. The Bertz CT molecular complexity index is 1810. The van der Waals surface area contributed by atoms with Gasteiger partial charge in [0, 0.05) is 83.1 Å². The number of aryl methyl sites for hydroxylation is 1. The van der Waals surface area contributed by atoms with Crippen LogP contribution in [0.1, 0.15) is 65.9 Å². The highest BCUT2D eigenvalue weighted by molar-refractivity contribution is 6.32. The van der Waals surface area contributed by atoms with Crippen LogP contribution >= 0.6 is 11.6 Å². The molecule has 7 rings (SSSR count). The molecule has 1 spiro atoms. The van der Waals surface area contributed by atoms with E-state index in [2.05, 4.69) is 69.0 Å². The first-order chi connectivity index (χ1) is 24.6. The molecule has 4 fully saturated rings. The number of piperidine rings is 3. The Balaban J connectivity index is 0.887. The molecular formula is C38H47ClN8O4. The molecule has 2 atom stereocenters. The Labute approximate surface area is 303 Å². The fourth-order valence-electron chi connectivity index (χ4n) is 8.28. The van der Waals surface area contributed by atoms with Gasteiger partial charge in [0.2, 0.25) is 5.91 Å². The summed E-state index contributed by atoms with van der Waals surface area (Å²) in [6.45, 7) is 6.23. The third kappa shape index (κ3) is 7.77. The zero-order valence-electron chi connectivity index (χ0n) is 29.4. The van der Waals surface area contributed by atoms with Crippen LogP contribution in [-0.4, -0.2) is 101 Å². The summed E-state index contributed by atoms with van der Waals surface area (Å²) in [4.78, 5) is 57.8. The first-order valence-corrected chi connectivity index (χ1v) is 18.4. The quantitative estimate of drug-likeness (QED) is 0.372. The number of halogens is 1. The number of nitrogens with zero attached hydrogens (tertiary/aromatic N) is 6. The monoisotopic (exact) mass is 714 g/mol. The maximum absolute atomic E-state index is 13.6. The van der Waals surface area contributed by atoms with Crippen molar-refractivity contribution in [2.75, 3.05) is 63.1 Å². The number of carbonyl (C=O) groups is 3. The van der Waals surface area contributed by atoms with Crippen LogP contribution in [0.4, 0.5) is 16.2 Å². The highest BCUT2D eigenvalue weighted by Gasteiger charge is 2.39. The van der Waals surface area contributed by atoms with Gasteiger partial charge in [-0.15, -0.1) is 0 Å². The molecule has 51 heavy (non-hydrogen) atoms. The number of anilines is 2. The molecule has 2 aromatic carbocycles. The molecule has 0 aliphatic carbocycles. The van der Waals surface area contributed by atoms with Gasteiger partial charge in [0.25, 0.3) is 11.5 Å². The van der Waals surface area contributed by atoms with Crippen LogP contribution in [0.2, 0.25) is 5.02 Å². The van der Waals surface area contributed by atoms with Crippen molar-refractivity contribution in [2.45, 2.75) is 57.0 Å². The number of carbonyl (C=O) groups excluding carboxylic acids is 3. The average molecular weight is 715 g/mol. The van der Waals surface area contributed by atoms with E-state index in [9.17, 15) is 19.2 Å². The molecule has 4 amide bonds. The van der Waals surface area contributed by atoms with Crippen LogP contribution in [0.25, 0.3) is 0 Å². The van der Waals surface area contributed by atoms with E-state index in [-0.39, 0.29) is 45.8 Å². The fraction of sp³-hybridized carbons (Fsp3) is 0.500. The van der Waals surface area contributed by atoms with E-state index < -0.39 is 0 Å². The van der Waals surface area contributed by atoms with Crippen molar-refractivity contribution in [1.29, 1.82) is 0 Å². The minimum absolute atomic E-state index is 0.102. The smallest absolute Gasteiger partial charge is 0.324 e. The lowest BCUT2D eigenvalue weighted by atomic mass is 9.71. The predicted molar refractivity (Wildman–Crippen MR) is 197 cm³/mol. The lowest BCUT2D eigenvalue weighted by molar-refractivity contribution is -0.121. The third-order valence-corrected chi connectivity index (χ3v) is 11.8. The molecule has 5 heterocycles. The lowest BCUT2D eigenvalue weighted by Crippen LogP contribution is -2.48. The summed E-state index contributed by atoms with van der Waals surface area (Å²) in [6, 6.07) is 16.4. The van der Waals surface area contributed by atoms with E-state index in [4.69, 9.17) is 11.6 Å². The minimum atomic E-state index is -0.321. The highest BCUT2D eigenvalue weighted by Crippen LogP contribution is 2.42. The third-order valence-electron chi connectivity index (χ3n) is 11.5. The van der Waals surface area contributed by atoms with Crippen LogP contribution in [0.5, 0.6) is 0 Å². The first-order valence-electron chi connectivity index (χ1n) is 18.0. The summed E-state index contributed by atoms with van der Waals surface area (Å²) in [5, 5.41) is 10.1. The number of amides is 4. The molecule has 4 aliphatic heterocycles. The Kier molecular flexibility index (Phi) is 10.1. The van der Waals surface area contributed by atoms with Crippen LogP contribution in [0, 0.1) is 5.41 Å². The van der Waals surface area contributed by atoms with Gasteiger partial charge in [-0.25, -0.2) is 9.48 Å². The summed E-state index contributed by atoms with van der Waals surface area (Å²) in [7, 11) is 3.68. The van der Waals surface area contributed by atoms with Gasteiger partial charge in [-0.3, -0.25) is 19.7 Å². The van der Waals surface area contributed by atoms with E-state index in [1.807, 2.05) is 17.0 Å². The highest BCUT2D eigenvalue weighted by atomic mass is 35.5. The Morgan fingerprint density at radius 3 is 2.29 bits per heavy atom. The number of likely N-dealkylation sites (N-methyl/N-ethyl adjacent to an activating group) is 1. The second-order valence-corrected chi connectivity index (χ2v) is 15.3. The number of nitrogens with one attached hydrogen (secondary N) is 2. The second kappa shape index (κ2) is 14.7. The molecule has 12 nitrogen and oxygen atoms in total. The molecule has 1 aromatic heterocycles. The summed E-state index contributed by atoms with van der Waals surface area (Å²) >= 11 is 6.32. The van der Waals surface area contributed by atoms with Crippen molar-refractivity contribution in [3.05, 3.63) is 86.8 Å². The second-order valence-electron chi connectivity index (χ2n) is 14.9. The number of hydrogen-bond acceptors (Lipinski definition) is 8. The largest absolute Gasteiger partial charge is 0.378 e. The van der Waals surface area contributed by atoms with Crippen LogP contribution in [-0.2, 0) is 18.4 Å². The average Bonchev–Trinajstić information content (AvgIpc) is 3.14. The van der Waals surface area contributed by atoms with Crippen molar-refractivity contribution >= 4 is 40.8 Å². The molecule has 13 heteroatoms. The molecule has 0 radical (unpaired) electrons. The molecule has 4 saturated heterocycles. The molecule has 4 aliphatic rings. The molecule has 270 valence electrons. The van der Waals surface area contributed by atoms with Gasteiger partial charge < -0.3 is 24.9 Å². The Morgan fingerprint density at radius 1 is 0.922 bits per heavy atom. The van der Waals surface area contributed by atoms with Crippen molar-refractivity contribution in [2.24, 2.45) is 12.5 Å². The lowest BCUT2D eigenvalue weighted by Gasteiger charge is -2.47. The van der Waals surface area contributed by atoms with Crippen molar-refractivity contribution in [3.63, 3.8) is 0 Å². The van der Waals surface area contributed by atoms with E-state index >= 15 is 0 Å². The van der Waals surface area contributed by atoms with Gasteiger partial charge >= 0.3 is 6.03 Å². The van der Waals surface area contributed by atoms with E-state index in [1.54, 1.807) is 18.1 Å². The summed E-state index contributed by atoms with van der Waals surface area (Å²) in [5.41, 5.74) is 4.69. The van der Waals surface area contributed by atoms with Crippen molar-refractivity contribution in [1.82, 2.24) is 29.8 Å². The number of hydrogen-bond donors (Lipinski definition) is 2.